The minimum atomic E-state index is 0. The number of H-pyrrole nitrogens is 1. The van der Waals surface area contributed by atoms with Gasteiger partial charge in [0.15, 0.2) is 0 Å². The Balaban J connectivity index is 0.00000243. The first-order chi connectivity index (χ1) is 12.0. The number of nitrogens with one attached hydrogen (secondary N) is 2. The van der Waals surface area contributed by atoms with Crippen LogP contribution in [0, 0.1) is 13.8 Å². The number of benzene rings is 1. The van der Waals surface area contributed by atoms with Crippen LogP contribution in [0.5, 0.6) is 0 Å². The SMILES string of the molecule is Cc1n[nH]c(C)c1CNCc1ccc(CN2CC(C)OC(C)C2)cc1.Cl. The third-order valence-corrected chi connectivity index (χ3v) is 4.84. The molecule has 144 valence electrons. The molecule has 2 N–H and O–H groups in total. The van der Waals surface area contributed by atoms with Gasteiger partial charge in [-0.05, 0) is 38.8 Å². The van der Waals surface area contributed by atoms with Gasteiger partial charge in [0.2, 0.25) is 0 Å². The van der Waals surface area contributed by atoms with Gasteiger partial charge in [-0.15, -0.1) is 12.4 Å². The lowest BCUT2D eigenvalue weighted by atomic mass is 10.1. The molecule has 6 heteroatoms. The number of aromatic nitrogens is 2. The van der Waals surface area contributed by atoms with Crippen molar-refractivity contribution >= 4 is 12.4 Å². The molecule has 1 aliphatic rings. The fourth-order valence-corrected chi connectivity index (χ4v) is 3.60. The van der Waals surface area contributed by atoms with Crippen molar-refractivity contribution in [3.8, 4) is 0 Å². The monoisotopic (exact) mass is 378 g/mol. The highest BCUT2D eigenvalue weighted by Crippen LogP contribution is 2.15. The number of aryl methyl sites for hydroxylation is 2. The first-order valence-corrected chi connectivity index (χ1v) is 9.18. The quantitative estimate of drug-likeness (QED) is 0.809. The van der Waals surface area contributed by atoms with E-state index < -0.39 is 0 Å². The summed E-state index contributed by atoms with van der Waals surface area (Å²) in [6, 6.07) is 8.95. The van der Waals surface area contributed by atoms with Crippen LogP contribution in [-0.2, 0) is 24.4 Å². The molecule has 0 spiro atoms. The average Bonchev–Trinajstić information content (AvgIpc) is 2.87. The van der Waals surface area contributed by atoms with Crippen molar-refractivity contribution in [2.45, 2.75) is 59.5 Å². The topological polar surface area (TPSA) is 53.2 Å². The van der Waals surface area contributed by atoms with E-state index in [1.807, 2.05) is 6.92 Å². The summed E-state index contributed by atoms with van der Waals surface area (Å²) in [5, 5.41) is 10.8. The minimum Gasteiger partial charge on any atom is -0.373 e. The Morgan fingerprint density at radius 2 is 1.69 bits per heavy atom. The molecular weight excluding hydrogens is 348 g/mol. The molecular formula is C20H31ClN4O. The Labute approximate surface area is 162 Å². The molecule has 1 aromatic heterocycles. The van der Waals surface area contributed by atoms with Crippen LogP contribution >= 0.6 is 12.4 Å². The lowest BCUT2D eigenvalue weighted by molar-refractivity contribution is -0.0704. The van der Waals surface area contributed by atoms with E-state index in [0.29, 0.717) is 12.2 Å². The van der Waals surface area contributed by atoms with Crippen LogP contribution in [0.3, 0.4) is 0 Å². The van der Waals surface area contributed by atoms with E-state index in [9.17, 15) is 0 Å². The number of hydrogen-bond acceptors (Lipinski definition) is 4. The number of aromatic amines is 1. The molecule has 2 aromatic rings. The number of ether oxygens (including phenoxy) is 1. The summed E-state index contributed by atoms with van der Waals surface area (Å²) in [5.74, 6) is 0. The lowest BCUT2D eigenvalue weighted by Crippen LogP contribution is -2.44. The maximum Gasteiger partial charge on any atom is 0.0678 e. The largest absolute Gasteiger partial charge is 0.373 e. The summed E-state index contributed by atoms with van der Waals surface area (Å²) in [7, 11) is 0. The minimum absolute atomic E-state index is 0. The normalized spacial score (nSPS) is 20.8. The maximum atomic E-state index is 5.81. The molecule has 1 fully saturated rings. The molecule has 2 unspecified atom stereocenters. The predicted molar refractivity (Wildman–Crippen MR) is 108 cm³/mol. The van der Waals surface area contributed by atoms with E-state index in [4.69, 9.17) is 4.74 Å². The Kier molecular flexibility index (Phi) is 7.65. The molecule has 5 nitrogen and oxygen atoms in total. The Morgan fingerprint density at radius 1 is 1.08 bits per heavy atom. The Bertz CT molecular complexity index is 656. The van der Waals surface area contributed by atoms with Crippen LogP contribution in [0.1, 0.15) is 41.9 Å². The van der Waals surface area contributed by atoms with Gasteiger partial charge in [0, 0.05) is 44.0 Å². The van der Waals surface area contributed by atoms with Gasteiger partial charge in [-0.1, -0.05) is 24.3 Å². The van der Waals surface area contributed by atoms with Gasteiger partial charge in [-0.2, -0.15) is 5.10 Å². The van der Waals surface area contributed by atoms with Crippen molar-refractivity contribution in [1.82, 2.24) is 20.4 Å². The van der Waals surface area contributed by atoms with Gasteiger partial charge in [-0.25, -0.2) is 0 Å². The predicted octanol–water partition coefficient (Wildman–Crippen LogP) is 3.35. The van der Waals surface area contributed by atoms with Crippen molar-refractivity contribution in [3.63, 3.8) is 0 Å². The summed E-state index contributed by atoms with van der Waals surface area (Å²) in [4.78, 5) is 2.48. The van der Waals surface area contributed by atoms with Gasteiger partial charge >= 0.3 is 0 Å². The van der Waals surface area contributed by atoms with E-state index in [0.717, 1.165) is 44.1 Å². The van der Waals surface area contributed by atoms with Crippen LogP contribution in [0.25, 0.3) is 0 Å². The van der Waals surface area contributed by atoms with E-state index >= 15 is 0 Å². The molecule has 26 heavy (non-hydrogen) atoms. The van der Waals surface area contributed by atoms with Crippen LogP contribution in [-0.4, -0.2) is 40.4 Å². The van der Waals surface area contributed by atoms with Gasteiger partial charge < -0.3 is 10.1 Å². The Morgan fingerprint density at radius 3 is 2.27 bits per heavy atom. The zero-order chi connectivity index (χ0) is 17.8. The molecule has 0 bridgehead atoms. The third-order valence-electron chi connectivity index (χ3n) is 4.84. The fourth-order valence-electron chi connectivity index (χ4n) is 3.60. The number of nitrogens with zero attached hydrogens (tertiary/aromatic N) is 2. The van der Waals surface area contributed by atoms with E-state index in [1.54, 1.807) is 0 Å². The highest BCUT2D eigenvalue weighted by Gasteiger charge is 2.21. The zero-order valence-corrected chi connectivity index (χ0v) is 17.0. The summed E-state index contributed by atoms with van der Waals surface area (Å²) in [6.45, 7) is 13.2. The molecule has 2 atom stereocenters. The molecule has 1 aromatic carbocycles. The first-order valence-electron chi connectivity index (χ1n) is 9.18. The Hall–Kier alpha value is -1.40. The van der Waals surface area contributed by atoms with Crippen molar-refractivity contribution in [1.29, 1.82) is 0 Å². The van der Waals surface area contributed by atoms with Gasteiger partial charge in [0.05, 0.1) is 17.9 Å². The standard InChI is InChI=1S/C20H30N4O.ClH/c1-14-11-24(12-15(2)25-14)13-19-7-5-18(6-8-19)9-21-10-20-16(3)22-23-17(20)4;/h5-8,14-15,21H,9-13H2,1-4H3,(H,22,23);1H. The number of halogens is 1. The number of hydrogen-bond donors (Lipinski definition) is 2. The molecule has 2 heterocycles. The molecule has 0 aliphatic carbocycles. The van der Waals surface area contributed by atoms with Crippen molar-refractivity contribution in [2.75, 3.05) is 13.1 Å². The lowest BCUT2D eigenvalue weighted by Gasteiger charge is -2.35. The number of rotatable bonds is 6. The number of morpholine rings is 1. The fraction of sp³-hybridized carbons (Fsp3) is 0.550. The van der Waals surface area contributed by atoms with Gasteiger partial charge in [-0.3, -0.25) is 10.00 Å². The molecule has 0 amide bonds. The molecule has 0 radical (unpaired) electrons. The average molecular weight is 379 g/mol. The highest BCUT2D eigenvalue weighted by molar-refractivity contribution is 5.85. The van der Waals surface area contributed by atoms with Crippen molar-refractivity contribution in [2.24, 2.45) is 0 Å². The van der Waals surface area contributed by atoms with Gasteiger partial charge in [0.25, 0.3) is 0 Å². The molecule has 1 aliphatic heterocycles. The molecule has 3 rings (SSSR count). The summed E-state index contributed by atoms with van der Waals surface area (Å²) < 4.78 is 5.81. The second-order valence-corrected chi connectivity index (χ2v) is 7.28. The molecule has 1 saturated heterocycles. The smallest absolute Gasteiger partial charge is 0.0678 e. The van der Waals surface area contributed by atoms with Crippen molar-refractivity contribution in [3.05, 3.63) is 52.3 Å². The summed E-state index contributed by atoms with van der Waals surface area (Å²) >= 11 is 0. The van der Waals surface area contributed by atoms with E-state index in [-0.39, 0.29) is 12.4 Å². The van der Waals surface area contributed by atoms with Crippen LogP contribution < -0.4 is 5.32 Å². The highest BCUT2D eigenvalue weighted by atomic mass is 35.5. The second kappa shape index (κ2) is 9.51. The van der Waals surface area contributed by atoms with E-state index in [1.165, 1.54) is 16.7 Å². The van der Waals surface area contributed by atoms with E-state index in [2.05, 4.69) is 65.5 Å². The molecule has 0 saturated carbocycles. The summed E-state index contributed by atoms with van der Waals surface area (Å²) in [6.07, 6.45) is 0.643. The zero-order valence-electron chi connectivity index (χ0n) is 16.2. The summed E-state index contributed by atoms with van der Waals surface area (Å²) in [5.41, 5.74) is 6.17. The van der Waals surface area contributed by atoms with Crippen LogP contribution in [0.2, 0.25) is 0 Å². The maximum absolute atomic E-state index is 5.81. The second-order valence-electron chi connectivity index (χ2n) is 7.28. The first kappa shape index (κ1) is 20.9. The van der Waals surface area contributed by atoms with Crippen molar-refractivity contribution < 1.29 is 4.74 Å². The van der Waals surface area contributed by atoms with Crippen LogP contribution in [0.15, 0.2) is 24.3 Å². The third kappa shape index (κ3) is 5.55. The van der Waals surface area contributed by atoms with Crippen LogP contribution in [0.4, 0.5) is 0 Å². The van der Waals surface area contributed by atoms with Gasteiger partial charge in [0.1, 0.15) is 0 Å².